The molecule has 0 saturated carbocycles. The minimum absolute atomic E-state index is 0.196. The van der Waals surface area contributed by atoms with Gasteiger partial charge < -0.3 is 9.73 Å². The van der Waals surface area contributed by atoms with Crippen LogP contribution in [0.15, 0.2) is 86.5 Å². The second kappa shape index (κ2) is 7.44. The standard InChI is InChI=1S/C23H16BrNO3/c1-14-11-18(25-22(26)16-6-4-7-17(24)12-16)9-10-19(14)20-13-15-5-2-3-8-21(15)28-23(20)27/h2-13H,1H3,(H,25,26). The van der Waals surface area contributed by atoms with E-state index in [9.17, 15) is 9.59 Å². The molecule has 0 aliphatic heterocycles. The van der Waals surface area contributed by atoms with E-state index in [1.807, 2.05) is 55.5 Å². The maximum atomic E-state index is 12.4. The number of rotatable bonds is 3. The highest BCUT2D eigenvalue weighted by Gasteiger charge is 2.12. The molecule has 3 aromatic carbocycles. The summed E-state index contributed by atoms with van der Waals surface area (Å²) in [5.41, 5.74) is 3.55. The van der Waals surface area contributed by atoms with E-state index in [1.54, 1.807) is 24.3 Å². The van der Waals surface area contributed by atoms with Gasteiger partial charge in [-0.3, -0.25) is 4.79 Å². The second-order valence-electron chi connectivity index (χ2n) is 6.48. The van der Waals surface area contributed by atoms with Crippen molar-refractivity contribution >= 4 is 38.5 Å². The van der Waals surface area contributed by atoms with Gasteiger partial charge in [0.1, 0.15) is 5.58 Å². The van der Waals surface area contributed by atoms with Crippen LogP contribution in [-0.2, 0) is 0 Å². The van der Waals surface area contributed by atoms with Crippen LogP contribution in [0.4, 0.5) is 5.69 Å². The smallest absolute Gasteiger partial charge is 0.344 e. The van der Waals surface area contributed by atoms with Gasteiger partial charge in [0.25, 0.3) is 5.91 Å². The Hall–Kier alpha value is -3.18. The molecule has 0 unspecified atom stereocenters. The van der Waals surface area contributed by atoms with E-state index in [2.05, 4.69) is 21.2 Å². The molecule has 4 nitrogen and oxygen atoms in total. The summed E-state index contributed by atoms with van der Waals surface area (Å²) in [5.74, 6) is -0.196. The van der Waals surface area contributed by atoms with Crippen LogP contribution in [0.2, 0.25) is 0 Å². The molecule has 0 fully saturated rings. The van der Waals surface area contributed by atoms with E-state index < -0.39 is 0 Å². The number of halogens is 1. The Kier molecular flexibility index (Phi) is 4.84. The summed E-state index contributed by atoms with van der Waals surface area (Å²) in [6, 6.07) is 21.9. The van der Waals surface area contributed by atoms with E-state index in [0.29, 0.717) is 22.4 Å². The average molecular weight is 434 g/mol. The molecule has 0 aliphatic rings. The average Bonchev–Trinajstić information content (AvgIpc) is 2.68. The molecule has 1 N–H and O–H groups in total. The molecule has 0 aliphatic carbocycles. The van der Waals surface area contributed by atoms with E-state index in [-0.39, 0.29) is 11.5 Å². The highest BCUT2D eigenvalue weighted by molar-refractivity contribution is 9.10. The molecule has 4 aromatic rings. The number of hydrogen-bond acceptors (Lipinski definition) is 3. The first-order valence-electron chi connectivity index (χ1n) is 8.72. The molecule has 28 heavy (non-hydrogen) atoms. The molecule has 1 aromatic heterocycles. The minimum Gasteiger partial charge on any atom is -0.422 e. The van der Waals surface area contributed by atoms with Gasteiger partial charge in [0.15, 0.2) is 0 Å². The first kappa shape index (κ1) is 18.2. The highest BCUT2D eigenvalue weighted by atomic mass is 79.9. The molecule has 0 spiro atoms. The summed E-state index contributed by atoms with van der Waals surface area (Å²) in [6.07, 6.45) is 0. The Labute approximate surface area is 170 Å². The fraction of sp³-hybridized carbons (Fsp3) is 0.0435. The number of carbonyl (C=O) groups is 1. The van der Waals surface area contributed by atoms with Gasteiger partial charge in [0.2, 0.25) is 0 Å². The normalized spacial score (nSPS) is 10.8. The predicted molar refractivity (Wildman–Crippen MR) is 115 cm³/mol. The molecular weight excluding hydrogens is 418 g/mol. The molecule has 0 saturated heterocycles. The topological polar surface area (TPSA) is 59.3 Å². The summed E-state index contributed by atoms with van der Waals surface area (Å²) in [4.78, 5) is 24.9. The maximum Gasteiger partial charge on any atom is 0.344 e. The van der Waals surface area contributed by atoms with Gasteiger partial charge in [-0.15, -0.1) is 0 Å². The van der Waals surface area contributed by atoms with Crippen molar-refractivity contribution in [1.29, 1.82) is 0 Å². The zero-order valence-corrected chi connectivity index (χ0v) is 16.6. The fourth-order valence-corrected chi connectivity index (χ4v) is 3.53. The number of nitrogens with one attached hydrogen (secondary N) is 1. The van der Waals surface area contributed by atoms with Crippen molar-refractivity contribution in [3.05, 3.63) is 98.8 Å². The maximum absolute atomic E-state index is 12.4. The van der Waals surface area contributed by atoms with E-state index in [4.69, 9.17) is 4.42 Å². The summed E-state index contributed by atoms with van der Waals surface area (Å²) in [6.45, 7) is 1.90. The summed E-state index contributed by atoms with van der Waals surface area (Å²) in [7, 11) is 0. The van der Waals surface area contributed by atoms with E-state index >= 15 is 0 Å². The van der Waals surface area contributed by atoms with Crippen LogP contribution >= 0.6 is 15.9 Å². The Bertz CT molecular complexity index is 1260. The fourth-order valence-electron chi connectivity index (χ4n) is 3.13. The Morgan fingerprint density at radius 2 is 1.75 bits per heavy atom. The van der Waals surface area contributed by atoms with Crippen LogP contribution in [0.1, 0.15) is 15.9 Å². The van der Waals surface area contributed by atoms with Gasteiger partial charge >= 0.3 is 5.63 Å². The summed E-state index contributed by atoms with van der Waals surface area (Å²) >= 11 is 3.37. The number of fused-ring (bicyclic) bond motifs is 1. The molecule has 1 amide bonds. The third kappa shape index (κ3) is 3.62. The number of anilines is 1. The van der Waals surface area contributed by atoms with Gasteiger partial charge in [-0.1, -0.05) is 46.3 Å². The third-order valence-corrected chi connectivity index (χ3v) is 5.00. The SMILES string of the molecule is Cc1cc(NC(=O)c2cccc(Br)c2)ccc1-c1cc2ccccc2oc1=O. The van der Waals surface area contributed by atoms with Gasteiger partial charge in [-0.25, -0.2) is 4.79 Å². The zero-order chi connectivity index (χ0) is 19.7. The number of benzene rings is 3. The molecule has 5 heteroatoms. The van der Waals surface area contributed by atoms with Crippen LogP contribution < -0.4 is 10.9 Å². The van der Waals surface area contributed by atoms with Crippen LogP contribution in [0.25, 0.3) is 22.1 Å². The lowest BCUT2D eigenvalue weighted by Crippen LogP contribution is -2.12. The van der Waals surface area contributed by atoms with Crippen molar-refractivity contribution in [3.8, 4) is 11.1 Å². The van der Waals surface area contributed by atoms with Crippen molar-refractivity contribution in [2.45, 2.75) is 6.92 Å². The van der Waals surface area contributed by atoms with Gasteiger partial charge in [0.05, 0.1) is 5.56 Å². The molecule has 0 bridgehead atoms. The van der Waals surface area contributed by atoms with Crippen molar-refractivity contribution < 1.29 is 9.21 Å². The number of para-hydroxylation sites is 1. The quantitative estimate of drug-likeness (QED) is 0.416. The zero-order valence-electron chi connectivity index (χ0n) is 15.0. The van der Waals surface area contributed by atoms with Crippen molar-refractivity contribution in [1.82, 2.24) is 0 Å². The largest absolute Gasteiger partial charge is 0.422 e. The minimum atomic E-state index is -0.382. The lowest BCUT2D eigenvalue weighted by molar-refractivity contribution is 0.102. The van der Waals surface area contributed by atoms with Crippen LogP contribution in [0.5, 0.6) is 0 Å². The Morgan fingerprint density at radius 1 is 0.929 bits per heavy atom. The Balaban J connectivity index is 1.66. The van der Waals surface area contributed by atoms with Crippen LogP contribution in [-0.4, -0.2) is 5.91 Å². The monoisotopic (exact) mass is 433 g/mol. The molecular formula is C23H16BrNO3. The lowest BCUT2D eigenvalue weighted by atomic mass is 10.0. The van der Waals surface area contributed by atoms with Crippen molar-refractivity contribution in [3.63, 3.8) is 0 Å². The summed E-state index contributed by atoms with van der Waals surface area (Å²) < 4.78 is 6.28. The van der Waals surface area contributed by atoms with Gasteiger partial charge in [-0.2, -0.15) is 0 Å². The first-order chi connectivity index (χ1) is 13.5. The number of hydrogen-bond donors (Lipinski definition) is 1. The molecule has 0 atom stereocenters. The summed E-state index contributed by atoms with van der Waals surface area (Å²) in [5, 5.41) is 3.75. The highest BCUT2D eigenvalue weighted by Crippen LogP contribution is 2.26. The molecule has 138 valence electrons. The predicted octanol–water partition coefficient (Wildman–Crippen LogP) is 5.78. The second-order valence-corrected chi connectivity index (χ2v) is 7.40. The van der Waals surface area contributed by atoms with Crippen LogP contribution in [0, 0.1) is 6.92 Å². The van der Waals surface area contributed by atoms with E-state index in [1.165, 1.54) is 0 Å². The van der Waals surface area contributed by atoms with Crippen LogP contribution in [0.3, 0.4) is 0 Å². The number of carbonyl (C=O) groups excluding carboxylic acids is 1. The van der Waals surface area contributed by atoms with Gasteiger partial charge in [-0.05, 0) is 60.5 Å². The van der Waals surface area contributed by atoms with Gasteiger partial charge in [0, 0.05) is 21.1 Å². The van der Waals surface area contributed by atoms with E-state index in [0.717, 1.165) is 21.0 Å². The molecule has 4 rings (SSSR count). The number of aryl methyl sites for hydroxylation is 1. The number of amides is 1. The molecule has 0 radical (unpaired) electrons. The third-order valence-electron chi connectivity index (χ3n) is 4.50. The van der Waals surface area contributed by atoms with Crippen molar-refractivity contribution in [2.24, 2.45) is 0 Å². The molecule has 1 heterocycles. The lowest BCUT2D eigenvalue weighted by Gasteiger charge is -2.10. The first-order valence-corrected chi connectivity index (χ1v) is 9.51. The van der Waals surface area contributed by atoms with Crippen molar-refractivity contribution in [2.75, 3.05) is 5.32 Å². The Morgan fingerprint density at radius 3 is 2.54 bits per heavy atom.